The normalized spacial score (nSPS) is 22.9. The van der Waals surface area contributed by atoms with Crippen LogP contribution in [0, 0.1) is 11.7 Å². The van der Waals surface area contributed by atoms with Gasteiger partial charge in [-0.15, -0.1) is 0 Å². The van der Waals surface area contributed by atoms with Gasteiger partial charge >= 0.3 is 0 Å². The Bertz CT molecular complexity index is 791. The van der Waals surface area contributed by atoms with E-state index in [4.69, 9.17) is 9.47 Å². The molecule has 4 nitrogen and oxygen atoms in total. The van der Waals surface area contributed by atoms with Crippen LogP contribution < -0.4 is 4.74 Å². The number of hydrogen-bond donors (Lipinski definition) is 0. The van der Waals surface area contributed by atoms with Crippen molar-refractivity contribution in [1.82, 2.24) is 4.90 Å². The van der Waals surface area contributed by atoms with Gasteiger partial charge in [0.1, 0.15) is 6.10 Å². The lowest BCUT2D eigenvalue weighted by molar-refractivity contribution is -0.0864. The van der Waals surface area contributed by atoms with E-state index in [0.717, 1.165) is 18.4 Å². The van der Waals surface area contributed by atoms with Crippen LogP contribution >= 0.6 is 0 Å². The highest BCUT2D eigenvalue weighted by molar-refractivity contribution is 5.95. The number of hydrogen-bond acceptors (Lipinski definition) is 3. The molecule has 0 N–H and O–H groups in total. The smallest absolute Gasteiger partial charge is 0.257 e. The third kappa shape index (κ3) is 3.31. The van der Waals surface area contributed by atoms with Crippen molar-refractivity contribution >= 4 is 5.91 Å². The number of ether oxygens (including phenoxy) is 2. The zero-order valence-electron chi connectivity index (χ0n) is 14.7. The molecule has 0 spiro atoms. The number of rotatable bonds is 4. The summed E-state index contributed by atoms with van der Waals surface area (Å²) < 4.78 is 25.9. The van der Waals surface area contributed by atoms with Gasteiger partial charge in [-0.25, -0.2) is 4.39 Å². The summed E-state index contributed by atoms with van der Waals surface area (Å²) in [6.07, 6.45) is 2.07. The molecule has 1 heterocycles. The van der Waals surface area contributed by atoms with E-state index < -0.39 is 5.82 Å². The van der Waals surface area contributed by atoms with Crippen molar-refractivity contribution < 1.29 is 18.7 Å². The monoisotopic (exact) mass is 355 g/mol. The summed E-state index contributed by atoms with van der Waals surface area (Å²) in [5, 5.41) is 0. The predicted molar refractivity (Wildman–Crippen MR) is 95.6 cm³/mol. The number of amides is 1. The minimum absolute atomic E-state index is 0.00609. The fraction of sp³-hybridized carbons (Fsp3) is 0.381. The zero-order valence-corrected chi connectivity index (χ0v) is 14.7. The maximum absolute atomic E-state index is 14.6. The van der Waals surface area contributed by atoms with E-state index in [9.17, 15) is 9.18 Å². The quantitative estimate of drug-likeness (QED) is 0.837. The fourth-order valence-corrected chi connectivity index (χ4v) is 3.54. The average Bonchev–Trinajstić information content (AvgIpc) is 3.53. The van der Waals surface area contributed by atoms with Gasteiger partial charge in [0.05, 0.1) is 25.3 Å². The first-order chi connectivity index (χ1) is 12.7. The number of carbonyl (C=O) groups is 1. The first kappa shape index (κ1) is 17.0. The number of halogens is 1. The number of morpholine rings is 1. The Kier molecular flexibility index (Phi) is 4.64. The number of methoxy groups -OCH3 is 1. The van der Waals surface area contributed by atoms with Crippen LogP contribution in [0.2, 0.25) is 0 Å². The molecule has 136 valence electrons. The molecule has 5 heteroatoms. The van der Waals surface area contributed by atoms with Gasteiger partial charge in [0.15, 0.2) is 11.6 Å². The summed E-state index contributed by atoms with van der Waals surface area (Å²) >= 11 is 0. The highest BCUT2D eigenvalue weighted by Crippen LogP contribution is 2.39. The van der Waals surface area contributed by atoms with Crippen molar-refractivity contribution in [2.24, 2.45) is 5.92 Å². The van der Waals surface area contributed by atoms with Crippen molar-refractivity contribution in [2.75, 3.05) is 20.2 Å². The van der Waals surface area contributed by atoms with Crippen LogP contribution in [0.3, 0.4) is 0 Å². The molecular formula is C21H22FNO3. The molecule has 2 aromatic carbocycles. The molecule has 0 aromatic heterocycles. The number of nitrogens with zero attached hydrogens (tertiary/aromatic N) is 1. The van der Waals surface area contributed by atoms with Crippen LogP contribution in [0.5, 0.6) is 5.75 Å². The van der Waals surface area contributed by atoms with Crippen LogP contribution in [-0.2, 0) is 4.74 Å². The molecule has 1 aliphatic carbocycles. The second-order valence-electron chi connectivity index (χ2n) is 6.94. The van der Waals surface area contributed by atoms with Crippen molar-refractivity contribution in [3.8, 4) is 5.75 Å². The molecule has 0 radical (unpaired) electrons. The molecule has 1 aliphatic heterocycles. The summed E-state index contributed by atoms with van der Waals surface area (Å²) in [6.45, 7) is 0.923. The summed E-state index contributed by atoms with van der Waals surface area (Å²) in [5.74, 6) is -0.337. The van der Waals surface area contributed by atoms with Crippen LogP contribution in [0.25, 0.3) is 0 Å². The minimum atomic E-state index is -0.606. The number of carbonyl (C=O) groups excluding carboxylic acids is 1. The minimum Gasteiger partial charge on any atom is -0.494 e. The number of benzene rings is 2. The molecule has 0 unspecified atom stereocenters. The Hall–Kier alpha value is -2.40. The SMILES string of the molecule is COc1cccc(C(=O)N2C[C@@H](c3ccccc3)O[C@@H](C3CC3)C2)c1F. The highest BCUT2D eigenvalue weighted by Gasteiger charge is 2.40. The molecule has 1 amide bonds. The molecule has 1 saturated heterocycles. The van der Waals surface area contributed by atoms with Gasteiger partial charge in [0.25, 0.3) is 5.91 Å². The van der Waals surface area contributed by atoms with Crippen molar-refractivity contribution in [3.63, 3.8) is 0 Å². The van der Waals surface area contributed by atoms with Crippen molar-refractivity contribution in [3.05, 3.63) is 65.5 Å². The maximum Gasteiger partial charge on any atom is 0.257 e. The van der Waals surface area contributed by atoms with Crippen molar-refractivity contribution in [1.29, 1.82) is 0 Å². The van der Waals surface area contributed by atoms with Crippen LogP contribution in [0.15, 0.2) is 48.5 Å². The first-order valence-electron chi connectivity index (χ1n) is 8.99. The van der Waals surface area contributed by atoms with E-state index in [1.54, 1.807) is 11.0 Å². The molecule has 2 aromatic rings. The van der Waals surface area contributed by atoms with Crippen LogP contribution in [0.1, 0.15) is 34.9 Å². The summed E-state index contributed by atoms with van der Waals surface area (Å²) in [4.78, 5) is 14.8. The average molecular weight is 355 g/mol. The van der Waals surface area contributed by atoms with Crippen LogP contribution in [-0.4, -0.2) is 37.1 Å². The van der Waals surface area contributed by atoms with Gasteiger partial charge in [-0.05, 0) is 36.5 Å². The zero-order chi connectivity index (χ0) is 18.1. The van der Waals surface area contributed by atoms with Crippen LogP contribution in [0.4, 0.5) is 4.39 Å². The largest absolute Gasteiger partial charge is 0.494 e. The Morgan fingerprint density at radius 2 is 1.88 bits per heavy atom. The van der Waals surface area contributed by atoms with Crippen molar-refractivity contribution in [2.45, 2.75) is 25.0 Å². The van der Waals surface area contributed by atoms with E-state index in [-0.39, 0.29) is 29.4 Å². The Morgan fingerprint density at radius 3 is 2.58 bits per heavy atom. The lowest BCUT2D eigenvalue weighted by Gasteiger charge is -2.38. The summed E-state index contributed by atoms with van der Waals surface area (Å²) in [6, 6.07) is 14.6. The molecule has 0 bridgehead atoms. The highest BCUT2D eigenvalue weighted by atomic mass is 19.1. The van der Waals surface area contributed by atoms with E-state index in [2.05, 4.69) is 0 Å². The molecular weight excluding hydrogens is 333 g/mol. The van der Waals surface area contributed by atoms with E-state index in [1.807, 2.05) is 30.3 Å². The topological polar surface area (TPSA) is 38.8 Å². The lowest BCUT2D eigenvalue weighted by Crippen LogP contribution is -2.48. The standard InChI is InChI=1S/C21H22FNO3/c1-25-17-9-5-8-16(20(17)22)21(24)23-12-18(14-6-3-2-4-7-14)26-19(13-23)15-10-11-15/h2-9,15,18-19H,10-13H2,1H3/t18-,19+/m0/s1. The van der Waals surface area contributed by atoms with Gasteiger partial charge in [0.2, 0.25) is 0 Å². The van der Waals surface area contributed by atoms with Gasteiger partial charge in [-0.1, -0.05) is 36.4 Å². The fourth-order valence-electron chi connectivity index (χ4n) is 3.54. The molecule has 26 heavy (non-hydrogen) atoms. The van der Waals surface area contributed by atoms with E-state index >= 15 is 0 Å². The van der Waals surface area contributed by atoms with E-state index in [0.29, 0.717) is 19.0 Å². The summed E-state index contributed by atoms with van der Waals surface area (Å²) in [5.41, 5.74) is 1.09. The predicted octanol–water partition coefficient (Wildman–Crippen LogP) is 3.83. The molecule has 1 saturated carbocycles. The van der Waals surface area contributed by atoms with Gasteiger partial charge in [0, 0.05) is 6.54 Å². The summed E-state index contributed by atoms with van der Waals surface area (Å²) in [7, 11) is 1.40. The van der Waals surface area contributed by atoms with Gasteiger partial charge in [-0.3, -0.25) is 4.79 Å². The third-order valence-corrected chi connectivity index (χ3v) is 5.15. The molecule has 4 rings (SSSR count). The lowest BCUT2D eigenvalue weighted by atomic mass is 10.0. The Balaban J connectivity index is 1.61. The van der Waals surface area contributed by atoms with Gasteiger partial charge < -0.3 is 14.4 Å². The Morgan fingerprint density at radius 1 is 1.12 bits per heavy atom. The maximum atomic E-state index is 14.6. The van der Waals surface area contributed by atoms with Gasteiger partial charge in [-0.2, -0.15) is 0 Å². The molecule has 2 aliphatic rings. The second-order valence-corrected chi connectivity index (χ2v) is 6.94. The first-order valence-corrected chi connectivity index (χ1v) is 8.99. The second kappa shape index (κ2) is 7.08. The Labute approximate surface area is 152 Å². The third-order valence-electron chi connectivity index (χ3n) is 5.15. The van der Waals surface area contributed by atoms with E-state index in [1.165, 1.54) is 19.2 Å². The molecule has 2 atom stereocenters. The molecule has 2 fully saturated rings.